The zero-order chi connectivity index (χ0) is 20.0. The van der Waals surface area contributed by atoms with Crippen molar-refractivity contribution < 1.29 is 14.4 Å². The van der Waals surface area contributed by atoms with Gasteiger partial charge in [0.1, 0.15) is 6.04 Å². The number of amides is 3. The van der Waals surface area contributed by atoms with E-state index >= 15 is 0 Å². The van der Waals surface area contributed by atoms with Crippen molar-refractivity contribution in [2.75, 3.05) is 11.9 Å². The van der Waals surface area contributed by atoms with Crippen LogP contribution in [0, 0.1) is 0 Å². The second-order valence-electron chi connectivity index (χ2n) is 7.05. The molecule has 0 radical (unpaired) electrons. The molecule has 0 aliphatic carbocycles. The quantitative estimate of drug-likeness (QED) is 0.677. The van der Waals surface area contributed by atoms with Gasteiger partial charge in [0, 0.05) is 6.54 Å². The molecule has 0 saturated carbocycles. The summed E-state index contributed by atoms with van der Waals surface area (Å²) in [6.45, 7) is 0.425. The number of carbonyl (C=O) groups excluding carboxylic acids is 3. The van der Waals surface area contributed by atoms with Crippen LogP contribution in [0.5, 0.6) is 0 Å². The van der Waals surface area contributed by atoms with Gasteiger partial charge in [-0.25, -0.2) is 0 Å². The first-order valence-electron chi connectivity index (χ1n) is 9.24. The van der Waals surface area contributed by atoms with E-state index in [0.29, 0.717) is 29.1 Å². The van der Waals surface area contributed by atoms with E-state index in [-0.39, 0.29) is 17.7 Å². The number of hydrogen-bond acceptors (Lipinski definition) is 5. The summed E-state index contributed by atoms with van der Waals surface area (Å²) in [4.78, 5) is 40.9. The average Bonchev–Trinajstić information content (AvgIpc) is 3.47. The molecule has 146 valence electrons. The van der Waals surface area contributed by atoms with Gasteiger partial charge in [-0.3, -0.25) is 14.4 Å². The predicted molar refractivity (Wildman–Crippen MR) is 113 cm³/mol. The number of rotatable bonds is 3. The van der Waals surface area contributed by atoms with Crippen molar-refractivity contribution in [2.45, 2.75) is 18.5 Å². The highest BCUT2D eigenvalue weighted by atomic mass is 32.1. The Morgan fingerprint density at radius 3 is 2.79 bits per heavy atom. The van der Waals surface area contributed by atoms with E-state index in [1.807, 2.05) is 40.4 Å². The fourth-order valence-electron chi connectivity index (χ4n) is 3.94. The first-order valence-corrected chi connectivity index (χ1v) is 11.1. The zero-order valence-corrected chi connectivity index (χ0v) is 16.9. The Balaban J connectivity index is 1.44. The van der Waals surface area contributed by atoms with Crippen molar-refractivity contribution in [1.29, 1.82) is 0 Å². The normalized spacial score (nSPS) is 20.6. The Morgan fingerprint density at radius 2 is 2.03 bits per heavy atom. The third kappa shape index (κ3) is 3.14. The van der Waals surface area contributed by atoms with Gasteiger partial charge in [0.25, 0.3) is 11.8 Å². The van der Waals surface area contributed by atoms with Crippen LogP contribution in [-0.2, 0) is 4.79 Å². The van der Waals surface area contributed by atoms with Gasteiger partial charge in [-0.1, -0.05) is 12.1 Å². The summed E-state index contributed by atoms with van der Waals surface area (Å²) in [5.74, 6) is -0.670. The van der Waals surface area contributed by atoms with Crippen LogP contribution in [0.2, 0.25) is 0 Å². The molecule has 0 unspecified atom stereocenters. The van der Waals surface area contributed by atoms with Gasteiger partial charge in [0.15, 0.2) is 0 Å². The third-order valence-corrected chi connectivity index (χ3v) is 6.90. The molecule has 1 saturated heterocycles. The van der Waals surface area contributed by atoms with Gasteiger partial charge in [-0.2, -0.15) is 11.3 Å². The van der Waals surface area contributed by atoms with Crippen molar-refractivity contribution >= 4 is 46.1 Å². The number of carbonyl (C=O) groups is 3. The van der Waals surface area contributed by atoms with Crippen LogP contribution in [0.3, 0.4) is 0 Å². The van der Waals surface area contributed by atoms with Crippen LogP contribution in [0.4, 0.5) is 5.69 Å². The summed E-state index contributed by atoms with van der Waals surface area (Å²) < 4.78 is 0. The molecule has 6 nitrogen and oxygen atoms in total. The topological polar surface area (TPSA) is 78.5 Å². The van der Waals surface area contributed by atoms with E-state index in [0.717, 1.165) is 11.1 Å². The molecule has 1 fully saturated rings. The second kappa shape index (κ2) is 7.13. The number of nitrogens with zero attached hydrogens (tertiary/aromatic N) is 1. The molecule has 2 aromatic heterocycles. The molecule has 3 aromatic rings. The molecular weight excluding hydrogens is 406 g/mol. The second-order valence-corrected chi connectivity index (χ2v) is 8.78. The van der Waals surface area contributed by atoms with E-state index in [1.165, 1.54) is 11.3 Å². The smallest absolute Gasteiger partial charge is 0.261 e. The first kappa shape index (κ1) is 18.1. The van der Waals surface area contributed by atoms with Crippen LogP contribution < -0.4 is 10.6 Å². The van der Waals surface area contributed by atoms with Crippen molar-refractivity contribution in [3.05, 3.63) is 63.0 Å². The summed E-state index contributed by atoms with van der Waals surface area (Å²) in [6.07, 6.45) is 0.542. The third-order valence-electron chi connectivity index (χ3n) is 5.35. The molecule has 3 amide bonds. The number of anilines is 1. The number of benzene rings is 1. The molecule has 5 rings (SSSR count). The molecule has 2 N–H and O–H groups in total. The van der Waals surface area contributed by atoms with Gasteiger partial charge in [0.2, 0.25) is 5.91 Å². The first-order chi connectivity index (χ1) is 14.1. The van der Waals surface area contributed by atoms with E-state index in [9.17, 15) is 14.4 Å². The molecule has 0 spiro atoms. The number of hydrogen-bond donors (Lipinski definition) is 2. The lowest BCUT2D eigenvalue weighted by molar-refractivity contribution is -0.120. The monoisotopic (exact) mass is 423 g/mol. The average molecular weight is 424 g/mol. The Hall–Kier alpha value is -2.97. The lowest BCUT2D eigenvalue weighted by Gasteiger charge is -2.24. The number of fused-ring (bicyclic) bond motifs is 2. The maximum Gasteiger partial charge on any atom is 0.261 e. The van der Waals surface area contributed by atoms with Gasteiger partial charge >= 0.3 is 0 Å². The Bertz CT molecular complexity index is 1090. The van der Waals surface area contributed by atoms with Gasteiger partial charge in [-0.15, -0.1) is 11.3 Å². The molecule has 1 aromatic carbocycles. The molecule has 2 aliphatic rings. The zero-order valence-electron chi connectivity index (χ0n) is 15.3. The Morgan fingerprint density at radius 1 is 1.14 bits per heavy atom. The Kier molecular flexibility index (Phi) is 4.44. The highest BCUT2D eigenvalue weighted by molar-refractivity contribution is 7.12. The van der Waals surface area contributed by atoms with Crippen molar-refractivity contribution in [3.8, 4) is 11.1 Å². The van der Waals surface area contributed by atoms with Crippen molar-refractivity contribution in [1.82, 2.24) is 10.2 Å². The fraction of sp³-hybridized carbons (Fsp3) is 0.190. The van der Waals surface area contributed by atoms with Crippen LogP contribution in [0.1, 0.15) is 26.5 Å². The van der Waals surface area contributed by atoms with Crippen LogP contribution in [0.15, 0.2) is 52.5 Å². The maximum atomic E-state index is 13.3. The highest BCUT2D eigenvalue weighted by Crippen LogP contribution is 2.33. The molecule has 2 atom stereocenters. The molecular formula is C21H17N3O3S2. The fourth-order valence-corrected chi connectivity index (χ4v) is 5.23. The van der Waals surface area contributed by atoms with E-state index in [2.05, 4.69) is 10.6 Å². The van der Waals surface area contributed by atoms with Gasteiger partial charge in [-0.05, 0) is 58.0 Å². The van der Waals surface area contributed by atoms with Gasteiger partial charge < -0.3 is 15.5 Å². The summed E-state index contributed by atoms with van der Waals surface area (Å²) in [6, 6.07) is 9.93. The lowest BCUT2D eigenvalue weighted by atomic mass is 10.0. The molecule has 29 heavy (non-hydrogen) atoms. The van der Waals surface area contributed by atoms with Crippen molar-refractivity contribution in [2.24, 2.45) is 0 Å². The number of thiophene rings is 2. The minimum atomic E-state index is -0.719. The van der Waals surface area contributed by atoms with E-state index < -0.39 is 12.1 Å². The highest BCUT2D eigenvalue weighted by Gasteiger charge is 2.45. The van der Waals surface area contributed by atoms with Crippen LogP contribution in [0.25, 0.3) is 11.1 Å². The summed E-state index contributed by atoms with van der Waals surface area (Å²) in [7, 11) is 0. The SMILES string of the molecule is O=C(N[C@H]1CCN2C(=O)c3cc(-c4ccsc4)ccc3NC(=O)[C@H]12)c1cccs1. The minimum absolute atomic E-state index is 0.187. The lowest BCUT2D eigenvalue weighted by Crippen LogP contribution is -2.51. The number of nitrogens with one attached hydrogen (secondary N) is 2. The van der Waals surface area contributed by atoms with Crippen LogP contribution >= 0.6 is 22.7 Å². The van der Waals surface area contributed by atoms with Crippen molar-refractivity contribution in [3.63, 3.8) is 0 Å². The van der Waals surface area contributed by atoms with E-state index in [1.54, 1.807) is 28.4 Å². The summed E-state index contributed by atoms with van der Waals surface area (Å²) in [5.41, 5.74) is 2.97. The maximum absolute atomic E-state index is 13.3. The van der Waals surface area contributed by atoms with Crippen LogP contribution in [-0.4, -0.2) is 41.2 Å². The molecule has 4 heterocycles. The minimum Gasteiger partial charge on any atom is -0.346 e. The van der Waals surface area contributed by atoms with Gasteiger partial charge in [0.05, 0.1) is 22.2 Å². The predicted octanol–water partition coefficient (Wildman–Crippen LogP) is 3.44. The molecule has 2 aliphatic heterocycles. The Labute approximate surface area is 175 Å². The molecule has 0 bridgehead atoms. The summed E-state index contributed by atoms with van der Waals surface area (Å²) in [5, 5.41) is 11.7. The largest absolute Gasteiger partial charge is 0.346 e. The van der Waals surface area contributed by atoms with E-state index in [4.69, 9.17) is 0 Å². The summed E-state index contributed by atoms with van der Waals surface area (Å²) >= 11 is 2.94. The standard InChI is InChI=1S/C21H17N3O3S2/c25-19(17-2-1-8-29-17)23-16-5-7-24-18(16)20(26)22-15-4-3-12(10-14(15)21(24)27)13-6-9-28-11-13/h1-4,6,8-11,16,18H,5,7H2,(H,22,26)(H,23,25)/t16-,18-/m0/s1. The molecule has 8 heteroatoms.